The molecule has 2 rings (SSSR count). The SMILES string of the molecule is Nc1ccc(C=CC(=O)COC([C]=O)=Cc2ccccc2)cc1. The molecule has 0 spiro atoms. The molecule has 0 aliphatic rings. The molecule has 2 aromatic rings. The fraction of sp³-hybridized carbons (Fsp3) is 0.0526. The molecule has 0 amide bonds. The third kappa shape index (κ3) is 5.63. The first-order valence-corrected chi connectivity index (χ1v) is 7.01. The van der Waals surface area contributed by atoms with Gasteiger partial charge in [0.1, 0.15) is 0 Å². The summed E-state index contributed by atoms with van der Waals surface area (Å²) in [6, 6.07) is 16.3. The Kier molecular flexibility index (Phi) is 5.89. The smallest absolute Gasteiger partial charge is 0.271 e. The molecule has 0 atom stereocenters. The van der Waals surface area contributed by atoms with Crippen LogP contribution in [0.15, 0.2) is 66.4 Å². The number of anilines is 1. The number of ketones is 1. The highest BCUT2D eigenvalue weighted by molar-refractivity contribution is 5.95. The van der Waals surface area contributed by atoms with Crippen molar-refractivity contribution in [1.29, 1.82) is 0 Å². The topological polar surface area (TPSA) is 69.4 Å². The van der Waals surface area contributed by atoms with Gasteiger partial charge in [0.15, 0.2) is 18.1 Å². The minimum atomic E-state index is -0.254. The van der Waals surface area contributed by atoms with Crippen molar-refractivity contribution in [3.63, 3.8) is 0 Å². The lowest BCUT2D eigenvalue weighted by molar-refractivity contribution is -0.117. The Hall–Kier alpha value is -3.14. The Bertz CT molecular complexity index is 716. The van der Waals surface area contributed by atoms with Crippen molar-refractivity contribution in [2.75, 3.05) is 12.3 Å². The third-order valence-electron chi connectivity index (χ3n) is 2.97. The predicted octanol–water partition coefficient (Wildman–Crippen LogP) is 3.02. The van der Waals surface area contributed by atoms with Gasteiger partial charge in [-0.15, -0.1) is 0 Å². The van der Waals surface area contributed by atoms with Crippen LogP contribution in [0.3, 0.4) is 0 Å². The summed E-state index contributed by atoms with van der Waals surface area (Å²) < 4.78 is 5.18. The average Bonchev–Trinajstić information content (AvgIpc) is 2.59. The zero-order valence-corrected chi connectivity index (χ0v) is 12.4. The summed E-state index contributed by atoms with van der Waals surface area (Å²) >= 11 is 0. The van der Waals surface area contributed by atoms with Crippen LogP contribution in [0, 0.1) is 0 Å². The summed E-state index contributed by atoms with van der Waals surface area (Å²) in [6.07, 6.45) is 6.28. The van der Waals surface area contributed by atoms with Crippen molar-refractivity contribution in [1.82, 2.24) is 0 Å². The van der Waals surface area contributed by atoms with Gasteiger partial charge < -0.3 is 10.5 Å². The average molecular weight is 306 g/mol. The normalized spacial score (nSPS) is 11.4. The number of nitrogen functional groups attached to an aromatic ring is 1. The van der Waals surface area contributed by atoms with E-state index in [9.17, 15) is 9.59 Å². The summed E-state index contributed by atoms with van der Waals surface area (Å²) in [5.74, 6) is -0.263. The largest absolute Gasteiger partial charge is 0.481 e. The Morgan fingerprint density at radius 1 is 1.04 bits per heavy atom. The van der Waals surface area contributed by atoms with Crippen LogP contribution in [-0.2, 0) is 14.3 Å². The Morgan fingerprint density at radius 3 is 2.39 bits per heavy atom. The Labute approximate surface area is 134 Å². The fourth-order valence-corrected chi connectivity index (χ4v) is 1.79. The number of allylic oxidation sites excluding steroid dienone is 1. The highest BCUT2D eigenvalue weighted by Gasteiger charge is 2.02. The minimum absolute atomic E-state index is 0.00886. The summed E-state index contributed by atoms with van der Waals surface area (Å²) in [5, 5.41) is 0. The number of hydrogen-bond acceptors (Lipinski definition) is 4. The maximum absolute atomic E-state index is 11.8. The van der Waals surface area contributed by atoms with Gasteiger partial charge in [-0.25, -0.2) is 0 Å². The van der Waals surface area contributed by atoms with Crippen molar-refractivity contribution in [2.45, 2.75) is 0 Å². The number of hydrogen-bond donors (Lipinski definition) is 1. The molecule has 0 aromatic heterocycles. The molecule has 0 unspecified atom stereocenters. The van der Waals surface area contributed by atoms with Gasteiger partial charge in [-0.05, 0) is 35.4 Å². The van der Waals surface area contributed by atoms with E-state index in [1.54, 1.807) is 36.6 Å². The molecular formula is C19H16NO3. The van der Waals surface area contributed by atoms with E-state index in [1.165, 1.54) is 12.2 Å². The van der Waals surface area contributed by atoms with Crippen LogP contribution in [0.2, 0.25) is 0 Å². The van der Waals surface area contributed by atoms with Gasteiger partial charge in [-0.2, -0.15) is 0 Å². The Balaban J connectivity index is 1.91. The number of carbonyl (C=O) groups excluding carboxylic acids is 2. The van der Waals surface area contributed by atoms with Crippen molar-refractivity contribution in [3.05, 3.63) is 77.6 Å². The van der Waals surface area contributed by atoms with E-state index in [4.69, 9.17) is 10.5 Å². The lowest BCUT2D eigenvalue weighted by Gasteiger charge is -2.02. The highest BCUT2D eigenvalue weighted by Crippen LogP contribution is 2.08. The fourth-order valence-electron chi connectivity index (χ4n) is 1.79. The first-order valence-electron chi connectivity index (χ1n) is 7.01. The van der Waals surface area contributed by atoms with Crippen molar-refractivity contribution < 1.29 is 14.3 Å². The molecule has 0 fully saturated rings. The number of ether oxygens (including phenoxy) is 1. The van der Waals surface area contributed by atoms with E-state index in [2.05, 4.69) is 0 Å². The van der Waals surface area contributed by atoms with Crippen LogP contribution < -0.4 is 5.73 Å². The first-order chi connectivity index (χ1) is 11.2. The second-order valence-electron chi connectivity index (χ2n) is 4.78. The molecular weight excluding hydrogens is 290 g/mol. The second-order valence-corrected chi connectivity index (χ2v) is 4.78. The van der Waals surface area contributed by atoms with Gasteiger partial charge in [0, 0.05) is 5.69 Å². The monoisotopic (exact) mass is 306 g/mol. The van der Waals surface area contributed by atoms with Gasteiger partial charge in [0.2, 0.25) is 0 Å². The van der Waals surface area contributed by atoms with Crippen LogP contribution >= 0.6 is 0 Å². The molecule has 0 aliphatic carbocycles. The van der Waals surface area contributed by atoms with E-state index in [1.807, 2.05) is 30.3 Å². The minimum Gasteiger partial charge on any atom is -0.481 e. The maximum Gasteiger partial charge on any atom is 0.271 e. The van der Waals surface area contributed by atoms with Gasteiger partial charge in [-0.1, -0.05) is 48.5 Å². The lowest BCUT2D eigenvalue weighted by Crippen LogP contribution is -2.06. The molecule has 2 N–H and O–H groups in total. The second kappa shape index (κ2) is 8.34. The number of carbonyl (C=O) groups is 1. The molecule has 115 valence electrons. The molecule has 0 bridgehead atoms. The van der Waals surface area contributed by atoms with Crippen LogP contribution in [0.4, 0.5) is 5.69 Å². The molecule has 0 heterocycles. The third-order valence-corrected chi connectivity index (χ3v) is 2.97. The molecule has 23 heavy (non-hydrogen) atoms. The van der Waals surface area contributed by atoms with E-state index < -0.39 is 0 Å². The molecule has 0 saturated carbocycles. The number of rotatable bonds is 7. The molecule has 0 aliphatic heterocycles. The van der Waals surface area contributed by atoms with Crippen molar-refractivity contribution in [2.24, 2.45) is 0 Å². The van der Waals surface area contributed by atoms with E-state index in [0.717, 1.165) is 11.1 Å². The van der Waals surface area contributed by atoms with Crippen LogP contribution in [0.1, 0.15) is 11.1 Å². The molecule has 4 heteroatoms. The van der Waals surface area contributed by atoms with Gasteiger partial charge in [0.05, 0.1) is 0 Å². The van der Waals surface area contributed by atoms with E-state index in [-0.39, 0.29) is 18.1 Å². The highest BCUT2D eigenvalue weighted by atomic mass is 16.5. The van der Waals surface area contributed by atoms with Crippen LogP contribution in [-0.4, -0.2) is 18.7 Å². The predicted molar refractivity (Wildman–Crippen MR) is 91.0 cm³/mol. The summed E-state index contributed by atoms with van der Waals surface area (Å²) in [5.41, 5.74) is 7.91. The van der Waals surface area contributed by atoms with Gasteiger partial charge >= 0.3 is 0 Å². The molecule has 2 aromatic carbocycles. The van der Waals surface area contributed by atoms with Gasteiger partial charge in [-0.3, -0.25) is 9.59 Å². The van der Waals surface area contributed by atoms with Gasteiger partial charge in [0.25, 0.3) is 6.29 Å². The molecule has 4 nitrogen and oxygen atoms in total. The zero-order chi connectivity index (χ0) is 16.5. The molecule has 0 saturated heterocycles. The zero-order valence-electron chi connectivity index (χ0n) is 12.4. The quantitative estimate of drug-likeness (QED) is 0.485. The van der Waals surface area contributed by atoms with Crippen molar-refractivity contribution in [3.8, 4) is 0 Å². The summed E-state index contributed by atoms with van der Waals surface area (Å²) in [4.78, 5) is 22.6. The lowest BCUT2D eigenvalue weighted by atomic mass is 10.2. The standard InChI is InChI=1S/C19H16NO3/c20-17-9-6-15(7-10-17)8-11-18(22)14-23-19(13-21)12-16-4-2-1-3-5-16/h1-12H,14,20H2. The summed E-state index contributed by atoms with van der Waals surface area (Å²) in [6.45, 7) is -0.223. The summed E-state index contributed by atoms with van der Waals surface area (Å²) in [7, 11) is 0. The van der Waals surface area contributed by atoms with Crippen LogP contribution in [0.5, 0.6) is 0 Å². The number of nitrogens with two attached hydrogens (primary N) is 1. The maximum atomic E-state index is 11.8. The van der Waals surface area contributed by atoms with E-state index >= 15 is 0 Å². The number of benzene rings is 2. The van der Waals surface area contributed by atoms with E-state index in [0.29, 0.717) is 5.69 Å². The Morgan fingerprint density at radius 2 is 1.74 bits per heavy atom. The van der Waals surface area contributed by atoms with Crippen LogP contribution in [0.25, 0.3) is 12.2 Å². The molecule has 1 radical (unpaired) electrons. The van der Waals surface area contributed by atoms with Crippen molar-refractivity contribution >= 4 is 29.9 Å². The first kappa shape index (κ1) is 16.2.